The zero-order valence-electron chi connectivity index (χ0n) is 12.1. The van der Waals surface area contributed by atoms with Gasteiger partial charge in [-0.2, -0.15) is 11.8 Å². The fourth-order valence-electron chi connectivity index (χ4n) is 1.73. The summed E-state index contributed by atoms with van der Waals surface area (Å²) in [7, 11) is -2.23. The first-order chi connectivity index (χ1) is 9.81. The fourth-order valence-corrected chi connectivity index (χ4v) is 3.81. The van der Waals surface area contributed by atoms with Crippen LogP contribution in [0.1, 0.15) is 6.92 Å². The van der Waals surface area contributed by atoms with E-state index in [-0.39, 0.29) is 23.0 Å². The quantitative estimate of drug-likeness (QED) is 0.557. The number of nitrogens with one attached hydrogen (secondary N) is 2. The third-order valence-corrected chi connectivity index (χ3v) is 5.17. The number of hydrogen-bond acceptors (Lipinski definition) is 6. The van der Waals surface area contributed by atoms with Crippen molar-refractivity contribution in [3.63, 3.8) is 0 Å². The van der Waals surface area contributed by atoms with Crippen molar-refractivity contribution in [2.75, 3.05) is 30.9 Å². The van der Waals surface area contributed by atoms with Crippen LogP contribution in [-0.2, 0) is 10.0 Å². The lowest BCUT2D eigenvalue weighted by molar-refractivity contribution is -0.385. The van der Waals surface area contributed by atoms with Gasteiger partial charge in [-0.3, -0.25) is 10.1 Å². The summed E-state index contributed by atoms with van der Waals surface area (Å²) < 4.78 is 27.1. The zero-order valence-corrected chi connectivity index (χ0v) is 13.8. The highest BCUT2D eigenvalue weighted by molar-refractivity contribution is 7.98. The topological polar surface area (TPSA) is 101 Å². The lowest BCUT2D eigenvalue weighted by Gasteiger charge is -2.14. The Bertz CT molecular complexity index is 605. The molecule has 0 aliphatic carbocycles. The van der Waals surface area contributed by atoms with Gasteiger partial charge in [0.15, 0.2) is 0 Å². The third-order valence-electron chi connectivity index (χ3n) is 2.81. The average Bonchev–Trinajstić information content (AvgIpc) is 2.44. The number of hydrogen-bond donors (Lipinski definition) is 2. The Morgan fingerprint density at radius 3 is 2.62 bits per heavy atom. The Labute approximate surface area is 128 Å². The molecule has 1 aromatic rings. The SMILES string of the molecule is CNc1ccc([N+](=O)[O-])cc1S(=O)(=O)NCC(C)CSC. The first-order valence-corrected chi connectivity index (χ1v) is 9.14. The van der Waals surface area contributed by atoms with Gasteiger partial charge in [0.1, 0.15) is 4.90 Å². The van der Waals surface area contributed by atoms with E-state index in [1.807, 2.05) is 13.2 Å². The second-order valence-electron chi connectivity index (χ2n) is 4.60. The van der Waals surface area contributed by atoms with E-state index in [2.05, 4.69) is 10.0 Å². The van der Waals surface area contributed by atoms with Crippen molar-refractivity contribution >= 4 is 33.2 Å². The molecule has 0 aromatic heterocycles. The Morgan fingerprint density at radius 2 is 2.10 bits per heavy atom. The standard InChI is InChI=1S/C12H19N3O4S2/c1-9(8-20-3)7-14-21(18,19)12-6-10(15(16)17)4-5-11(12)13-2/h4-6,9,13-14H,7-8H2,1-3H3. The minimum Gasteiger partial charge on any atom is -0.387 e. The highest BCUT2D eigenvalue weighted by Gasteiger charge is 2.22. The van der Waals surface area contributed by atoms with Crippen LogP contribution in [0, 0.1) is 16.0 Å². The summed E-state index contributed by atoms with van der Waals surface area (Å²) >= 11 is 1.63. The summed E-state index contributed by atoms with van der Waals surface area (Å²) in [6.45, 7) is 2.22. The van der Waals surface area contributed by atoms with Gasteiger partial charge in [0.2, 0.25) is 10.0 Å². The molecule has 0 aliphatic heterocycles. The molecule has 1 aromatic carbocycles. The summed E-state index contributed by atoms with van der Waals surface area (Å²) in [4.78, 5) is 10.1. The molecule has 118 valence electrons. The summed E-state index contributed by atoms with van der Waals surface area (Å²) in [6, 6.07) is 3.71. The molecule has 0 saturated carbocycles. The van der Waals surface area contributed by atoms with Gasteiger partial charge in [-0.05, 0) is 24.0 Å². The van der Waals surface area contributed by atoms with Gasteiger partial charge in [-0.1, -0.05) is 6.92 Å². The normalized spacial score (nSPS) is 12.9. The van der Waals surface area contributed by atoms with Crippen molar-refractivity contribution in [1.82, 2.24) is 4.72 Å². The molecule has 2 N–H and O–H groups in total. The molecule has 0 aliphatic rings. The highest BCUT2D eigenvalue weighted by atomic mass is 32.2. The van der Waals surface area contributed by atoms with Crippen LogP contribution in [0.15, 0.2) is 23.1 Å². The number of sulfonamides is 1. The van der Waals surface area contributed by atoms with E-state index in [1.54, 1.807) is 18.8 Å². The predicted molar refractivity (Wildman–Crippen MR) is 85.4 cm³/mol. The Balaban J connectivity index is 3.05. The van der Waals surface area contributed by atoms with Gasteiger partial charge in [0.05, 0.1) is 10.6 Å². The molecule has 0 heterocycles. The molecular formula is C12H19N3O4S2. The van der Waals surface area contributed by atoms with Crippen molar-refractivity contribution in [3.05, 3.63) is 28.3 Å². The van der Waals surface area contributed by atoms with E-state index in [9.17, 15) is 18.5 Å². The minimum absolute atomic E-state index is 0.115. The number of nitrogens with zero attached hydrogens (tertiary/aromatic N) is 1. The first kappa shape index (κ1) is 17.7. The monoisotopic (exact) mass is 333 g/mol. The Hall–Kier alpha value is -1.32. The zero-order chi connectivity index (χ0) is 16.0. The fraction of sp³-hybridized carbons (Fsp3) is 0.500. The maximum absolute atomic E-state index is 12.3. The maximum Gasteiger partial charge on any atom is 0.270 e. The first-order valence-electron chi connectivity index (χ1n) is 6.26. The van der Waals surface area contributed by atoms with E-state index >= 15 is 0 Å². The molecule has 1 atom stereocenters. The molecule has 1 unspecified atom stereocenters. The number of anilines is 1. The van der Waals surface area contributed by atoms with Crippen LogP contribution in [0.3, 0.4) is 0 Å². The van der Waals surface area contributed by atoms with Crippen molar-refractivity contribution < 1.29 is 13.3 Å². The van der Waals surface area contributed by atoms with Gasteiger partial charge in [-0.25, -0.2) is 13.1 Å². The van der Waals surface area contributed by atoms with E-state index in [0.29, 0.717) is 5.69 Å². The molecule has 9 heteroatoms. The van der Waals surface area contributed by atoms with Crippen LogP contribution >= 0.6 is 11.8 Å². The smallest absolute Gasteiger partial charge is 0.270 e. The molecule has 21 heavy (non-hydrogen) atoms. The molecule has 0 fully saturated rings. The van der Waals surface area contributed by atoms with Crippen LogP contribution < -0.4 is 10.0 Å². The minimum atomic E-state index is -3.80. The van der Waals surface area contributed by atoms with Crippen LogP contribution in [0.25, 0.3) is 0 Å². The summed E-state index contributed by atoms with van der Waals surface area (Å²) in [5, 5.41) is 13.5. The Morgan fingerprint density at radius 1 is 1.43 bits per heavy atom. The van der Waals surface area contributed by atoms with E-state index in [4.69, 9.17) is 0 Å². The second kappa shape index (κ2) is 7.62. The van der Waals surface area contributed by atoms with Gasteiger partial charge in [-0.15, -0.1) is 0 Å². The van der Waals surface area contributed by atoms with Gasteiger partial charge >= 0.3 is 0 Å². The van der Waals surface area contributed by atoms with Crippen LogP contribution in [0.4, 0.5) is 11.4 Å². The molecule has 1 rings (SSSR count). The average molecular weight is 333 g/mol. The lowest BCUT2D eigenvalue weighted by atomic mass is 10.2. The molecular weight excluding hydrogens is 314 g/mol. The predicted octanol–water partition coefficient (Wildman–Crippen LogP) is 1.91. The van der Waals surface area contributed by atoms with Crippen molar-refractivity contribution in [3.8, 4) is 0 Å². The number of non-ortho nitro benzene ring substituents is 1. The maximum atomic E-state index is 12.3. The molecule has 0 amide bonds. The number of thioether (sulfide) groups is 1. The van der Waals surface area contributed by atoms with Crippen LogP contribution in [0.2, 0.25) is 0 Å². The van der Waals surface area contributed by atoms with Crippen LogP contribution in [-0.4, -0.2) is 38.9 Å². The van der Waals surface area contributed by atoms with E-state index < -0.39 is 14.9 Å². The molecule has 0 saturated heterocycles. The Kier molecular flexibility index (Phi) is 6.43. The number of nitro groups is 1. The second-order valence-corrected chi connectivity index (χ2v) is 7.25. The number of rotatable bonds is 8. The van der Waals surface area contributed by atoms with Gasteiger partial charge in [0.25, 0.3) is 5.69 Å². The number of nitro benzene ring substituents is 1. The molecule has 0 spiro atoms. The summed E-state index contributed by atoms with van der Waals surface area (Å²) in [6.07, 6.45) is 1.95. The summed E-state index contributed by atoms with van der Waals surface area (Å²) in [5.74, 6) is 1.00. The van der Waals surface area contributed by atoms with Gasteiger partial charge in [0, 0.05) is 25.7 Å². The molecule has 0 radical (unpaired) electrons. The van der Waals surface area contributed by atoms with Crippen molar-refractivity contribution in [1.29, 1.82) is 0 Å². The van der Waals surface area contributed by atoms with Crippen molar-refractivity contribution in [2.24, 2.45) is 5.92 Å². The summed E-state index contributed by atoms with van der Waals surface area (Å²) in [5.41, 5.74) is 0.0668. The van der Waals surface area contributed by atoms with Crippen molar-refractivity contribution in [2.45, 2.75) is 11.8 Å². The van der Waals surface area contributed by atoms with Gasteiger partial charge < -0.3 is 5.32 Å². The molecule has 7 nitrogen and oxygen atoms in total. The lowest BCUT2D eigenvalue weighted by Crippen LogP contribution is -2.29. The largest absolute Gasteiger partial charge is 0.387 e. The number of benzene rings is 1. The van der Waals surface area contributed by atoms with E-state index in [0.717, 1.165) is 11.8 Å². The molecule has 0 bridgehead atoms. The van der Waals surface area contributed by atoms with E-state index in [1.165, 1.54) is 12.1 Å². The van der Waals surface area contributed by atoms with Crippen LogP contribution in [0.5, 0.6) is 0 Å². The third kappa shape index (κ3) is 4.87. The highest BCUT2D eigenvalue weighted by Crippen LogP contribution is 2.26.